The zero-order valence-corrected chi connectivity index (χ0v) is 14.6. The van der Waals surface area contributed by atoms with E-state index in [0.29, 0.717) is 30.7 Å². The van der Waals surface area contributed by atoms with Gasteiger partial charge < -0.3 is 9.64 Å². The van der Waals surface area contributed by atoms with Crippen LogP contribution in [0.3, 0.4) is 0 Å². The van der Waals surface area contributed by atoms with Gasteiger partial charge in [0.15, 0.2) is 0 Å². The van der Waals surface area contributed by atoms with Gasteiger partial charge >= 0.3 is 0 Å². The van der Waals surface area contributed by atoms with Gasteiger partial charge in [-0.15, -0.1) is 5.10 Å². The maximum atomic E-state index is 13.0. The summed E-state index contributed by atoms with van der Waals surface area (Å²) in [4.78, 5) is 19.4. The molecule has 1 aliphatic carbocycles. The molecule has 25 heavy (non-hydrogen) atoms. The molecule has 1 aliphatic heterocycles. The minimum absolute atomic E-state index is 0.0778. The predicted octanol–water partition coefficient (Wildman–Crippen LogP) is 2.64. The van der Waals surface area contributed by atoms with Crippen LogP contribution in [0.25, 0.3) is 5.69 Å². The van der Waals surface area contributed by atoms with Crippen LogP contribution in [0.4, 0.5) is 0 Å². The van der Waals surface area contributed by atoms with E-state index in [0.717, 1.165) is 44.0 Å². The molecule has 4 rings (SSSR count). The third-order valence-corrected chi connectivity index (χ3v) is 4.94. The Hall–Kier alpha value is -2.21. The van der Waals surface area contributed by atoms with Crippen molar-refractivity contribution in [3.05, 3.63) is 42.0 Å². The number of amides is 1. The number of nitrogens with zero attached hydrogens (tertiary/aromatic N) is 4. The Labute approximate surface area is 147 Å². The largest absolute Gasteiger partial charge is 0.381 e. The quantitative estimate of drug-likeness (QED) is 0.811. The molecule has 1 aromatic heterocycles. The van der Waals surface area contributed by atoms with Gasteiger partial charge in [0.05, 0.1) is 12.3 Å². The van der Waals surface area contributed by atoms with E-state index in [9.17, 15) is 4.79 Å². The first-order chi connectivity index (χ1) is 12.3. The Bertz CT molecular complexity index is 733. The number of hydrogen-bond acceptors (Lipinski definition) is 4. The summed E-state index contributed by atoms with van der Waals surface area (Å²) in [6.07, 6.45) is 3.26. The van der Waals surface area contributed by atoms with Crippen molar-refractivity contribution in [2.45, 2.75) is 32.1 Å². The molecular weight excluding hydrogens is 316 g/mol. The molecule has 0 N–H and O–H groups in total. The molecule has 6 heteroatoms. The Kier molecular flexibility index (Phi) is 4.53. The second kappa shape index (κ2) is 6.96. The Morgan fingerprint density at radius 3 is 2.72 bits per heavy atom. The lowest BCUT2D eigenvalue weighted by Crippen LogP contribution is -2.36. The fourth-order valence-corrected chi connectivity index (χ4v) is 3.32. The summed E-state index contributed by atoms with van der Waals surface area (Å²) in [5.41, 5.74) is 0.961. The molecule has 2 aromatic rings. The van der Waals surface area contributed by atoms with Crippen molar-refractivity contribution in [1.29, 1.82) is 0 Å². The number of aromatic nitrogens is 3. The van der Waals surface area contributed by atoms with E-state index in [1.165, 1.54) is 0 Å². The lowest BCUT2D eigenvalue weighted by atomic mass is 10.1. The molecule has 2 heterocycles. The van der Waals surface area contributed by atoms with Gasteiger partial charge in [-0.3, -0.25) is 4.79 Å². The molecule has 1 saturated carbocycles. The maximum absolute atomic E-state index is 13.0. The van der Waals surface area contributed by atoms with E-state index in [2.05, 4.69) is 10.1 Å². The van der Waals surface area contributed by atoms with Crippen LogP contribution >= 0.6 is 0 Å². The van der Waals surface area contributed by atoms with Crippen molar-refractivity contribution in [2.24, 2.45) is 5.92 Å². The molecule has 1 atom stereocenters. The number of benzene rings is 1. The highest BCUT2D eigenvalue weighted by Gasteiger charge is 2.32. The van der Waals surface area contributed by atoms with Gasteiger partial charge in [0, 0.05) is 31.5 Å². The average Bonchev–Trinajstić information content (AvgIpc) is 3.19. The first-order valence-electron chi connectivity index (χ1n) is 9.15. The van der Waals surface area contributed by atoms with Crippen LogP contribution in [0.15, 0.2) is 30.3 Å². The van der Waals surface area contributed by atoms with Crippen LogP contribution in [0.5, 0.6) is 0 Å². The Morgan fingerprint density at radius 2 is 2.08 bits per heavy atom. The summed E-state index contributed by atoms with van der Waals surface area (Å²) < 4.78 is 7.28. The average molecular weight is 340 g/mol. The van der Waals surface area contributed by atoms with Crippen molar-refractivity contribution < 1.29 is 9.53 Å². The van der Waals surface area contributed by atoms with Crippen LogP contribution in [-0.2, 0) is 4.74 Å². The number of para-hydroxylation sites is 1. The number of hydrogen-bond donors (Lipinski definition) is 0. The first-order valence-corrected chi connectivity index (χ1v) is 9.15. The van der Waals surface area contributed by atoms with Gasteiger partial charge in [-0.1, -0.05) is 18.2 Å². The molecule has 6 nitrogen and oxygen atoms in total. The maximum Gasteiger partial charge on any atom is 0.293 e. The van der Waals surface area contributed by atoms with E-state index in [1.54, 1.807) is 0 Å². The Morgan fingerprint density at radius 1 is 1.28 bits per heavy atom. The summed E-state index contributed by atoms with van der Waals surface area (Å²) in [7, 11) is 0. The second-order valence-electron chi connectivity index (χ2n) is 6.89. The summed E-state index contributed by atoms with van der Waals surface area (Å²) >= 11 is 0. The molecule has 132 valence electrons. The lowest BCUT2D eigenvalue weighted by molar-refractivity contribution is 0.0718. The summed E-state index contributed by atoms with van der Waals surface area (Å²) in [5.74, 6) is 1.99. The van der Waals surface area contributed by atoms with E-state index in [-0.39, 0.29) is 5.91 Å². The molecule has 1 amide bonds. The van der Waals surface area contributed by atoms with Gasteiger partial charge in [0.2, 0.25) is 5.82 Å². The summed E-state index contributed by atoms with van der Waals surface area (Å²) in [6, 6.07) is 9.94. The van der Waals surface area contributed by atoms with Gasteiger partial charge in [-0.05, 0) is 38.3 Å². The number of carbonyl (C=O) groups excluding carboxylic acids is 1. The van der Waals surface area contributed by atoms with E-state index in [1.807, 2.05) is 46.8 Å². The van der Waals surface area contributed by atoms with Gasteiger partial charge in [-0.2, -0.15) is 0 Å². The third kappa shape index (κ3) is 3.44. The molecule has 0 bridgehead atoms. The molecule has 1 saturated heterocycles. The summed E-state index contributed by atoms with van der Waals surface area (Å²) in [5, 5.41) is 4.57. The zero-order chi connectivity index (χ0) is 17.2. The van der Waals surface area contributed by atoms with Crippen molar-refractivity contribution >= 4 is 5.91 Å². The molecule has 2 aliphatic rings. The van der Waals surface area contributed by atoms with Crippen molar-refractivity contribution in [2.75, 3.05) is 26.3 Å². The fraction of sp³-hybridized carbons (Fsp3) is 0.526. The minimum atomic E-state index is -0.0778. The highest BCUT2D eigenvalue weighted by Crippen LogP contribution is 2.39. The number of ether oxygens (including phenoxy) is 1. The van der Waals surface area contributed by atoms with Crippen LogP contribution in [-0.4, -0.2) is 51.9 Å². The van der Waals surface area contributed by atoms with Crippen molar-refractivity contribution in [1.82, 2.24) is 19.7 Å². The standard InChI is InChI=1S/C19H24N4O2/c1-2-22(12-14-10-11-25-13-14)19(24)17-20-18(15-8-9-15)23(21-17)16-6-4-3-5-7-16/h3-7,14-15H,2,8-13H2,1H3/t14-/m0/s1. The van der Waals surface area contributed by atoms with Gasteiger partial charge in [0.1, 0.15) is 5.82 Å². The van der Waals surface area contributed by atoms with Crippen molar-refractivity contribution in [3.8, 4) is 5.69 Å². The molecular formula is C19H24N4O2. The van der Waals surface area contributed by atoms with Gasteiger partial charge in [-0.25, -0.2) is 9.67 Å². The molecule has 2 fully saturated rings. The number of rotatable bonds is 6. The zero-order valence-electron chi connectivity index (χ0n) is 14.6. The lowest BCUT2D eigenvalue weighted by Gasteiger charge is -2.22. The molecule has 0 spiro atoms. The summed E-state index contributed by atoms with van der Waals surface area (Å²) in [6.45, 7) is 4.91. The van der Waals surface area contributed by atoms with E-state index < -0.39 is 0 Å². The topological polar surface area (TPSA) is 60.2 Å². The predicted molar refractivity (Wildman–Crippen MR) is 93.8 cm³/mol. The van der Waals surface area contributed by atoms with Crippen LogP contribution < -0.4 is 0 Å². The van der Waals surface area contributed by atoms with Crippen molar-refractivity contribution in [3.63, 3.8) is 0 Å². The molecule has 1 aromatic carbocycles. The normalized spacial score (nSPS) is 20.0. The van der Waals surface area contributed by atoms with E-state index >= 15 is 0 Å². The third-order valence-electron chi connectivity index (χ3n) is 4.94. The minimum Gasteiger partial charge on any atom is -0.381 e. The van der Waals surface area contributed by atoms with Crippen LogP contribution in [0, 0.1) is 5.92 Å². The first kappa shape index (κ1) is 16.3. The van der Waals surface area contributed by atoms with Crippen LogP contribution in [0.1, 0.15) is 48.5 Å². The fourth-order valence-electron chi connectivity index (χ4n) is 3.32. The Balaban J connectivity index is 1.59. The highest BCUT2D eigenvalue weighted by molar-refractivity contribution is 5.90. The second-order valence-corrected chi connectivity index (χ2v) is 6.89. The van der Waals surface area contributed by atoms with Gasteiger partial charge in [0.25, 0.3) is 5.91 Å². The number of carbonyl (C=O) groups is 1. The SMILES string of the molecule is CCN(C[C@@H]1CCOC1)C(=O)c1nc(C2CC2)n(-c2ccccc2)n1. The monoisotopic (exact) mass is 340 g/mol. The van der Waals surface area contributed by atoms with E-state index in [4.69, 9.17) is 4.74 Å². The molecule has 0 radical (unpaired) electrons. The molecule has 0 unspecified atom stereocenters. The highest BCUT2D eigenvalue weighted by atomic mass is 16.5. The van der Waals surface area contributed by atoms with Crippen LogP contribution in [0.2, 0.25) is 0 Å². The smallest absolute Gasteiger partial charge is 0.293 e.